The van der Waals surface area contributed by atoms with Crippen LogP contribution in [0.4, 0.5) is 14.5 Å². The van der Waals surface area contributed by atoms with Crippen molar-refractivity contribution in [3.05, 3.63) is 99.7 Å². The molecule has 3 nitrogen and oxygen atoms in total. The fraction of sp³-hybridized carbons (Fsp3) is 0.0455. The first-order valence-corrected chi connectivity index (χ1v) is 9.46. The molecule has 7 heteroatoms. The molecule has 0 fully saturated rings. The Morgan fingerprint density at radius 2 is 1.79 bits per heavy atom. The van der Waals surface area contributed by atoms with Gasteiger partial charge in [0.05, 0.1) is 11.3 Å². The number of nitrogens with one attached hydrogen (secondary N) is 1. The first-order chi connectivity index (χ1) is 13.9. The van der Waals surface area contributed by atoms with E-state index in [9.17, 15) is 13.6 Å². The Morgan fingerprint density at radius 3 is 2.55 bits per heavy atom. The molecule has 0 aliphatic rings. The van der Waals surface area contributed by atoms with E-state index in [0.29, 0.717) is 27.5 Å². The van der Waals surface area contributed by atoms with Crippen LogP contribution >= 0.6 is 23.2 Å². The minimum atomic E-state index is -0.838. The van der Waals surface area contributed by atoms with Crippen molar-refractivity contribution in [2.75, 3.05) is 5.32 Å². The summed E-state index contributed by atoms with van der Waals surface area (Å²) in [4.78, 5) is 12.8. The standard InChI is InChI=1S/C22H14Cl2F2N2O/c23-14-6-5-13(18(24)9-14)11-28-12-17(16-3-1-2-4-21(16)28)22(29)27-20-8-7-15(25)10-19(20)26/h1-10,12H,11H2,(H,27,29). The fourth-order valence-corrected chi connectivity index (χ4v) is 3.64. The molecule has 3 aromatic carbocycles. The largest absolute Gasteiger partial charge is 0.342 e. The van der Waals surface area contributed by atoms with E-state index in [-0.39, 0.29) is 5.69 Å². The van der Waals surface area contributed by atoms with Crippen molar-refractivity contribution in [1.29, 1.82) is 0 Å². The summed E-state index contributed by atoms with van der Waals surface area (Å²) in [5, 5.41) is 4.27. The van der Waals surface area contributed by atoms with Gasteiger partial charge in [-0.15, -0.1) is 0 Å². The predicted octanol–water partition coefficient (Wildman–Crippen LogP) is 6.53. The average Bonchev–Trinajstić information content (AvgIpc) is 3.05. The summed E-state index contributed by atoms with van der Waals surface area (Å²) >= 11 is 12.3. The number of rotatable bonds is 4. The topological polar surface area (TPSA) is 34.0 Å². The van der Waals surface area contributed by atoms with Crippen molar-refractivity contribution < 1.29 is 13.6 Å². The van der Waals surface area contributed by atoms with Gasteiger partial charge < -0.3 is 9.88 Å². The van der Waals surface area contributed by atoms with Crippen LogP contribution < -0.4 is 5.32 Å². The van der Waals surface area contributed by atoms with Gasteiger partial charge in [-0.2, -0.15) is 0 Å². The summed E-state index contributed by atoms with van der Waals surface area (Å²) in [5.41, 5.74) is 1.94. The van der Waals surface area contributed by atoms with Gasteiger partial charge in [0.2, 0.25) is 0 Å². The normalized spacial score (nSPS) is 11.0. The number of amides is 1. The lowest BCUT2D eigenvalue weighted by atomic mass is 10.1. The fourth-order valence-electron chi connectivity index (χ4n) is 3.17. The van der Waals surface area contributed by atoms with Gasteiger partial charge >= 0.3 is 0 Å². The van der Waals surface area contributed by atoms with Crippen LogP contribution in [0.25, 0.3) is 10.9 Å². The molecule has 0 saturated carbocycles. The third-order valence-corrected chi connectivity index (χ3v) is 5.16. The number of carbonyl (C=O) groups excluding carboxylic acids is 1. The van der Waals surface area contributed by atoms with E-state index in [2.05, 4.69) is 5.32 Å². The van der Waals surface area contributed by atoms with Crippen LogP contribution in [0.1, 0.15) is 15.9 Å². The SMILES string of the molecule is O=C(Nc1ccc(F)cc1F)c1cn(Cc2ccc(Cl)cc2Cl)c2ccccc12. The van der Waals surface area contributed by atoms with Gasteiger partial charge in [-0.05, 0) is 35.9 Å². The Labute approximate surface area is 175 Å². The monoisotopic (exact) mass is 430 g/mol. The summed E-state index contributed by atoms with van der Waals surface area (Å²) < 4.78 is 28.9. The molecule has 4 rings (SSSR count). The summed E-state index contributed by atoms with van der Waals surface area (Å²) in [6.07, 6.45) is 1.69. The van der Waals surface area contributed by atoms with Gasteiger partial charge in [0, 0.05) is 39.8 Å². The first-order valence-electron chi connectivity index (χ1n) is 8.70. The second-order valence-electron chi connectivity index (χ2n) is 6.50. The van der Waals surface area contributed by atoms with Gasteiger partial charge in [-0.3, -0.25) is 4.79 Å². The van der Waals surface area contributed by atoms with E-state index in [1.54, 1.807) is 18.3 Å². The molecule has 0 aliphatic heterocycles. The van der Waals surface area contributed by atoms with Gasteiger partial charge in [0.25, 0.3) is 5.91 Å². The Morgan fingerprint density at radius 1 is 1.00 bits per heavy atom. The molecule has 0 unspecified atom stereocenters. The zero-order valence-corrected chi connectivity index (χ0v) is 16.4. The molecule has 1 aromatic heterocycles. The highest BCUT2D eigenvalue weighted by molar-refractivity contribution is 6.35. The van der Waals surface area contributed by atoms with Crippen LogP contribution in [0.5, 0.6) is 0 Å². The summed E-state index contributed by atoms with van der Waals surface area (Å²) in [5.74, 6) is -2.04. The molecule has 0 bridgehead atoms. The van der Waals surface area contributed by atoms with Crippen molar-refractivity contribution in [3.63, 3.8) is 0 Å². The van der Waals surface area contributed by atoms with E-state index in [0.717, 1.165) is 23.2 Å². The first kappa shape index (κ1) is 19.4. The minimum Gasteiger partial charge on any atom is -0.342 e. The Bertz CT molecular complexity index is 1240. The molecule has 1 N–H and O–H groups in total. The van der Waals surface area contributed by atoms with Crippen LogP contribution in [-0.4, -0.2) is 10.5 Å². The maximum atomic E-state index is 13.9. The van der Waals surface area contributed by atoms with E-state index in [1.165, 1.54) is 6.07 Å². The second kappa shape index (κ2) is 7.85. The number of anilines is 1. The van der Waals surface area contributed by atoms with Gasteiger partial charge in [-0.25, -0.2) is 8.78 Å². The summed E-state index contributed by atoms with van der Waals surface area (Å²) in [6.45, 7) is 0.425. The van der Waals surface area contributed by atoms with E-state index < -0.39 is 17.5 Å². The Balaban J connectivity index is 1.71. The van der Waals surface area contributed by atoms with E-state index >= 15 is 0 Å². The highest BCUT2D eigenvalue weighted by atomic mass is 35.5. The highest BCUT2D eigenvalue weighted by Crippen LogP contribution is 2.27. The smallest absolute Gasteiger partial charge is 0.257 e. The Hall–Kier alpha value is -2.89. The lowest BCUT2D eigenvalue weighted by Crippen LogP contribution is -2.13. The van der Waals surface area contributed by atoms with Crippen LogP contribution in [0, 0.1) is 11.6 Å². The average molecular weight is 431 g/mol. The van der Waals surface area contributed by atoms with Crippen molar-refractivity contribution >= 4 is 45.7 Å². The van der Waals surface area contributed by atoms with Crippen LogP contribution in [0.3, 0.4) is 0 Å². The molecule has 0 radical (unpaired) electrons. The van der Waals surface area contributed by atoms with Crippen LogP contribution in [0.2, 0.25) is 10.0 Å². The molecule has 0 aliphatic carbocycles. The molecule has 4 aromatic rings. The highest BCUT2D eigenvalue weighted by Gasteiger charge is 2.17. The Kier molecular flexibility index (Phi) is 5.26. The molecule has 146 valence electrons. The molecule has 29 heavy (non-hydrogen) atoms. The minimum absolute atomic E-state index is 0.0889. The molecular weight excluding hydrogens is 417 g/mol. The third-order valence-electron chi connectivity index (χ3n) is 4.57. The summed E-state index contributed by atoms with van der Waals surface area (Å²) in [7, 11) is 0. The number of hydrogen-bond acceptors (Lipinski definition) is 1. The number of para-hydroxylation sites is 1. The number of aromatic nitrogens is 1. The zero-order valence-electron chi connectivity index (χ0n) is 14.9. The lowest BCUT2D eigenvalue weighted by Gasteiger charge is -2.08. The maximum Gasteiger partial charge on any atom is 0.257 e. The molecule has 0 atom stereocenters. The molecular formula is C22H14Cl2F2N2O. The van der Waals surface area contributed by atoms with Crippen molar-refractivity contribution in [2.45, 2.75) is 6.54 Å². The predicted molar refractivity (Wildman–Crippen MR) is 112 cm³/mol. The molecule has 0 saturated heterocycles. The lowest BCUT2D eigenvalue weighted by molar-refractivity contribution is 0.102. The number of fused-ring (bicyclic) bond motifs is 1. The quantitative estimate of drug-likeness (QED) is 0.392. The van der Waals surface area contributed by atoms with Crippen molar-refractivity contribution in [2.24, 2.45) is 0 Å². The maximum absolute atomic E-state index is 13.9. The second-order valence-corrected chi connectivity index (χ2v) is 7.35. The van der Waals surface area contributed by atoms with Gasteiger partial charge in [0.15, 0.2) is 0 Å². The third kappa shape index (κ3) is 3.97. The number of benzene rings is 3. The number of carbonyl (C=O) groups is 1. The van der Waals surface area contributed by atoms with Gasteiger partial charge in [0.1, 0.15) is 11.6 Å². The van der Waals surface area contributed by atoms with Crippen LogP contribution in [-0.2, 0) is 6.54 Å². The number of hydrogen-bond donors (Lipinski definition) is 1. The van der Waals surface area contributed by atoms with E-state index in [4.69, 9.17) is 23.2 Å². The van der Waals surface area contributed by atoms with Crippen LogP contribution in [0.15, 0.2) is 66.9 Å². The zero-order chi connectivity index (χ0) is 20.5. The van der Waals surface area contributed by atoms with Crippen molar-refractivity contribution in [1.82, 2.24) is 4.57 Å². The number of nitrogens with zero attached hydrogens (tertiary/aromatic N) is 1. The molecule has 0 spiro atoms. The number of halogens is 4. The molecule has 1 amide bonds. The molecule has 1 heterocycles. The summed E-state index contributed by atoms with van der Waals surface area (Å²) in [6, 6.07) is 15.6. The van der Waals surface area contributed by atoms with Gasteiger partial charge in [-0.1, -0.05) is 47.5 Å². The van der Waals surface area contributed by atoms with Crippen molar-refractivity contribution in [3.8, 4) is 0 Å². The van der Waals surface area contributed by atoms with E-state index in [1.807, 2.05) is 34.9 Å².